The van der Waals surface area contributed by atoms with Crippen LogP contribution >= 0.6 is 0 Å². The zero-order valence-corrected chi connectivity index (χ0v) is 11.7. The van der Waals surface area contributed by atoms with E-state index >= 15 is 0 Å². The van der Waals surface area contributed by atoms with Gasteiger partial charge in [-0.2, -0.15) is 0 Å². The third-order valence-corrected chi connectivity index (χ3v) is 2.63. The minimum Gasteiger partial charge on any atom is -0.373 e. The lowest BCUT2D eigenvalue weighted by atomic mass is 9.90. The van der Waals surface area contributed by atoms with Crippen molar-refractivity contribution in [3.63, 3.8) is 0 Å². The molecule has 18 heavy (non-hydrogen) atoms. The van der Waals surface area contributed by atoms with Gasteiger partial charge in [-0.1, -0.05) is 20.8 Å². The highest BCUT2D eigenvalue weighted by Gasteiger charge is 2.11. The van der Waals surface area contributed by atoms with Crippen LogP contribution in [0.5, 0.6) is 0 Å². The fourth-order valence-electron chi connectivity index (χ4n) is 1.62. The van der Waals surface area contributed by atoms with Gasteiger partial charge >= 0.3 is 0 Å². The standard InChI is InChI=1S/C14H23N3O/c1-14(2,3)9-5-6-13(18)17-11-7-8-12(15-4)16-10-11/h7-8,10H,5-6,9H2,1-4H3,(H,15,16)(H,17,18). The molecule has 1 amide bonds. The number of carbonyl (C=O) groups excluding carboxylic acids is 1. The van der Waals surface area contributed by atoms with Gasteiger partial charge in [0.15, 0.2) is 0 Å². The van der Waals surface area contributed by atoms with Crippen LogP contribution in [-0.4, -0.2) is 17.9 Å². The maximum Gasteiger partial charge on any atom is 0.224 e. The number of nitrogens with zero attached hydrogens (tertiary/aromatic N) is 1. The molecular formula is C14H23N3O. The molecule has 0 aromatic carbocycles. The molecule has 4 heteroatoms. The lowest BCUT2D eigenvalue weighted by molar-refractivity contribution is -0.116. The number of hydrogen-bond donors (Lipinski definition) is 2. The first kappa shape index (κ1) is 14.5. The lowest BCUT2D eigenvalue weighted by Crippen LogP contribution is -2.13. The number of nitrogens with one attached hydrogen (secondary N) is 2. The number of aromatic nitrogens is 1. The van der Waals surface area contributed by atoms with Crippen molar-refractivity contribution in [2.75, 3.05) is 17.7 Å². The zero-order chi connectivity index (χ0) is 13.6. The van der Waals surface area contributed by atoms with E-state index < -0.39 is 0 Å². The van der Waals surface area contributed by atoms with Crippen molar-refractivity contribution < 1.29 is 4.79 Å². The summed E-state index contributed by atoms with van der Waals surface area (Å²) in [6.45, 7) is 6.56. The fraction of sp³-hybridized carbons (Fsp3) is 0.571. The Labute approximate surface area is 109 Å². The predicted octanol–water partition coefficient (Wildman–Crippen LogP) is 3.28. The number of hydrogen-bond acceptors (Lipinski definition) is 3. The molecule has 0 saturated carbocycles. The molecule has 100 valence electrons. The van der Waals surface area contributed by atoms with Gasteiger partial charge in [0, 0.05) is 13.5 Å². The summed E-state index contributed by atoms with van der Waals surface area (Å²) >= 11 is 0. The van der Waals surface area contributed by atoms with E-state index in [2.05, 4.69) is 36.4 Å². The maximum atomic E-state index is 11.7. The molecule has 0 unspecified atom stereocenters. The third kappa shape index (κ3) is 5.66. The number of carbonyl (C=O) groups is 1. The molecule has 0 aliphatic heterocycles. The molecule has 1 heterocycles. The molecule has 0 aliphatic rings. The molecule has 0 radical (unpaired) electrons. The quantitative estimate of drug-likeness (QED) is 0.842. The van der Waals surface area contributed by atoms with Crippen LogP contribution in [0.25, 0.3) is 0 Å². The highest BCUT2D eigenvalue weighted by Crippen LogP contribution is 2.21. The Hall–Kier alpha value is -1.58. The number of pyridine rings is 1. The van der Waals surface area contributed by atoms with Gasteiger partial charge in [0.1, 0.15) is 5.82 Å². The van der Waals surface area contributed by atoms with E-state index in [4.69, 9.17) is 0 Å². The maximum absolute atomic E-state index is 11.7. The molecule has 0 atom stereocenters. The second kappa shape index (κ2) is 6.38. The minimum absolute atomic E-state index is 0.0539. The summed E-state index contributed by atoms with van der Waals surface area (Å²) < 4.78 is 0. The van der Waals surface area contributed by atoms with Gasteiger partial charge in [-0.05, 0) is 30.4 Å². The van der Waals surface area contributed by atoms with Crippen LogP contribution in [-0.2, 0) is 4.79 Å². The average Bonchev–Trinajstić information content (AvgIpc) is 2.28. The molecule has 0 saturated heterocycles. The first-order valence-electron chi connectivity index (χ1n) is 6.34. The molecule has 0 aliphatic carbocycles. The molecule has 2 N–H and O–H groups in total. The summed E-state index contributed by atoms with van der Waals surface area (Å²) in [4.78, 5) is 15.8. The minimum atomic E-state index is 0.0539. The van der Waals surface area contributed by atoms with Gasteiger partial charge in [0.2, 0.25) is 5.91 Å². The van der Waals surface area contributed by atoms with E-state index in [0.717, 1.165) is 24.3 Å². The second-order valence-electron chi connectivity index (χ2n) is 5.64. The molecule has 0 fully saturated rings. The van der Waals surface area contributed by atoms with Crippen LogP contribution in [0.4, 0.5) is 11.5 Å². The lowest BCUT2D eigenvalue weighted by Gasteiger charge is -2.17. The zero-order valence-electron chi connectivity index (χ0n) is 11.7. The van der Waals surface area contributed by atoms with E-state index in [0.29, 0.717) is 6.42 Å². The Morgan fingerprint density at radius 2 is 2.06 bits per heavy atom. The number of rotatable bonds is 5. The molecule has 4 nitrogen and oxygen atoms in total. The topological polar surface area (TPSA) is 54.0 Å². The predicted molar refractivity (Wildman–Crippen MR) is 75.7 cm³/mol. The second-order valence-corrected chi connectivity index (χ2v) is 5.64. The molecule has 1 aromatic heterocycles. The normalized spacial score (nSPS) is 11.1. The smallest absolute Gasteiger partial charge is 0.224 e. The van der Waals surface area contributed by atoms with E-state index in [9.17, 15) is 4.79 Å². The van der Waals surface area contributed by atoms with Gasteiger partial charge < -0.3 is 10.6 Å². The van der Waals surface area contributed by atoms with Crippen LogP contribution in [0.2, 0.25) is 0 Å². The number of anilines is 2. The van der Waals surface area contributed by atoms with Gasteiger partial charge in [-0.15, -0.1) is 0 Å². The molecular weight excluding hydrogens is 226 g/mol. The monoisotopic (exact) mass is 249 g/mol. The van der Waals surface area contributed by atoms with Crippen molar-refractivity contribution in [3.05, 3.63) is 18.3 Å². The van der Waals surface area contributed by atoms with E-state index in [1.807, 2.05) is 19.2 Å². The summed E-state index contributed by atoms with van der Waals surface area (Å²) in [5.74, 6) is 0.846. The highest BCUT2D eigenvalue weighted by atomic mass is 16.1. The van der Waals surface area contributed by atoms with Gasteiger partial charge in [0.25, 0.3) is 0 Å². The van der Waals surface area contributed by atoms with E-state index in [-0.39, 0.29) is 11.3 Å². The van der Waals surface area contributed by atoms with Crippen molar-refractivity contribution in [1.82, 2.24) is 4.98 Å². The van der Waals surface area contributed by atoms with Crippen molar-refractivity contribution >= 4 is 17.4 Å². The molecule has 1 rings (SSSR count). The Bertz CT molecular complexity index is 379. The summed E-state index contributed by atoms with van der Waals surface area (Å²) in [6, 6.07) is 3.69. The Morgan fingerprint density at radius 3 is 2.56 bits per heavy atom. The Morgan fingerprint density at radius 1 is 1.33 bits per heavy atom. The molecule has 0 spiro atoms. The van der Waals surface area contributed by atoms with Crippen LogP contribution in [0.3, 0.4) is 0 Å². The fourth-order valence-corrected chi connectivity index (χ4v) is 1.62. The largest absolute Gasteiger partial charge is 0.373 e. The third-order valence-electron chi connectivity index (χ3n) is 2.63. The van der Waals surface area contributed by atoms with Gasteiger partial charge in [-0.3, -0.25) is 4.79 Å². The first-order chi connectivity index (χ1) is 8.40. The van der Waals surface area contributed by atoms with Crippen LogP contribution in [0.15, 0.2) is 18.3 Å². The van der Waals surface area contributed by atoms with Crippen molar-refractivity contribution in [2.24, 2.45) is 5.41 Å². The van der Waals surface area contributed by atoms with Gasteiger partial charge in [0.05, 0.1) is 11.9 Å². The Kier molecular flexibility index (Phi) is 5.13. The SMILES string of the molecule is CNc1ccc(NC(=O)CCCC(C)(C)C)cn1. The van der Waals surface area contributed by atoms with Crippen molar-refractivity contribution in [2.45, 2.75) is 40.0 Å². The molecule has 1 aromatic rings. The summed E-state index contributed by atoms with van der Waals surface area (Å²) in [6.07, 6.45) is 4.19. The summed E-state index contributed by atoms with van der Waals surface area (Å²) in [5, 5.41) is 5.78. The van der Waals surface area contributed by atoms with E-state index in [1.54, 1.807) is 6.20 Å². The highest BCUT2D eigenvalue weighted by molar-refractivity contribution is 5.90. The van der Waals surface area contributed by atoms with Crippen LogP contribution in [0, 0.1) is 5.41 Å². The van der Waals surface area contributed by atoms with Crippen molar-refractivity contribution in [3.8, 4) is 0 Å². The van der Waals surface area contributed by atoms with Crippen molar-refractivity contribution in [1.29, 1.82) is 0 Å². The van der Waals surface area contributed by atoms with Crippen LogP contribution in [0.1, 0.15) is 40.0 Å². The summed E-state index contributed by atoms with van der Waals surface area (Å²) in [7, 11) is 1.81. The van der Waals surface area contributed by atoms with Gasteiger partial charge in [-0.25, -0.2) is 4.98 Å². The summed E-state index contributed by atoms with van der Waals surface area (Å²) in [5.41, 5.74) is 1.03. The number of amides is 1. The van der Waals surface area contributed by atoms with E-state index in [1.165, 1.54) is 0 Å². The average molecular weight is 249 g/mol. The molecule has 0 bridgehead atoms. The first-order valence-corrected chi connectivity index (χ1v) is 6.34. The Balaban J connectivity index is 2.35. The van der Waals surface area contributed by atoms with Crippen LogP contribution < -0.4 is 10.6 Å².